The third kappa shape index (κ3) is 2.06. The lowest BCUT2D eigenvalue weighted by atomic mass is 9.92. The van der Waals surface area contributed by atoms with E-state index in [2.05, 4.69) is 5.32 Å². The van der Waals surface area contributed by atoms with Crippen molar-refractivity contribution in [1.29, 1.82) is 0 Å². The highest BCUT2D eigenvalue weighted by molar-refractivity contribution is 5.39. The number of aryl methyl sites for hydroxylation is 1. The molecule has 0 bridgehead atoms. The predicted molar refractivity (Wildman–Crippen MR) is 60.7 cm³/mol. The van der Waals surface area contributed by atoms with Crippen LogP contribution in [0.2, 0.25) is 0 Å². The Morgan fingerprint density at radius 3 is 2.82 bits per heavy atom. The molecule has 17 heavy (non-hydrogen) atoms. The summed E-state index contributed by atoms with van der Waals surface area (Å²) in [5, 5.41) is 2.95. The van der Waals surface area contributed by atoms with E-state index in [1.807, 2.05) is 6.92 Å². The van der Waals surface area contributed by atoms with Crippen LogP contribution in [0.3, 0.4) is 0 Å². The third-order valence-electron chi connectivity index (χ3n) is 3.40. The summed E-state index contributed by atoms with van der Waals surface area (Å²) in [6.07, 6.45) is -0.830. The lowest BCUT2D eigenvalue weighted by Gasteiger charge is -2.31. The Labute approximate surface area is 99.0 Å². The molecule has 4 heteroatoms. The molecule has 1 aliphatic carbocycles. The molecule has 0 radical (unpaired) electrons. The van der Waals surface area contributed by atoms with Crippen LogP contribution in [0.15, 0.2) is 18.2 Å². The Morgan fingerprint density at radius 1 is 1.41 bits per heavy atom. The van der Waals surface area contributed by atoms with Gasteiger partial charge in [-0.3, -0.25) is 0 Å². The van der Waals surface area contributed by atoms with Crippen molar-refractivity contribution in [1.82, 2.24) is 5.32 Å². The monoisotopic (exact) mass is 243 g/mol. The summed E-state index contributed by atoms with van der Waals surface area (Å²) >= 11 is 0. The van der Waals surface area contributed by atoms with E-state index in [1.165, 1.54) is 18.2 Å². The number of fused-ring (bicyclic) bond motifs is 1. The van der Waals surface area contributed by atoms with E-state index in [0.717, 1.165) is 6.42 Å². The van der Waals surface area contributed by atoms with E-state index < -0.39 is 12.0 Å². The van der Waals surface area contributed by atoms with Gasteiger partial charge < -0.3 is 5.32 Å². The molecule has 1 aromatic rings. The van der Waals surface area contributed by atoms with Gasteiger partial charge in [0.25, 0.3) is 6.43 Å². The van der Waals surface area contributed by atoms with Crippen molar-refractivity contribution in [2.75, 3.05) is 6.54 Å². The fourth-order valence-electron chi connectivity index (χ4n) is 2.51. The molecular formula is C13H16F3N. The normalized spacial score (nSPS) is 23.1. The highest BCUT2D eigenvalue weighted by Gasteiger charge is 2.45. The number of hydrogen-bond acceptors (Lipinski definition) is 1. The van der Waals surface area contributed by atoms with Crippen LogP contribution >= 0.6 is 0 Å². The zero-order valence-electron chi connectivity index (χ0n) is 9.77. The maximum Gasteiger partial charge on any atom is 0.260 e. The number of hydrogen-bond donors (Lipinski definition) is 1. The molecular weight excluding hydrogens is 227 g/mol. The molecule has 0 amide bonds. The molecule has 0 aliphatic heterocycles. The van der Waals surface area contributed by atoms with Gasteiger partial charge in [-0.2, -0.15) is 0 Å². The lowest BCUT2D eigenvalue weighted by molar-refractivity contribution is 0.0280. The molecule has 1 aliphatic rings. The lowest BCUT2D eigenvalue weighted by Crippen LogP contribution is -2.47. The van der Waals surface area contributed by atoms with Crippen molar-refractivity contribution < 1.29 is 13.2 Å². The van der Waals surface area contributed by atoms with E-state index in [1.54, 1.807) is 0 Å². The van der Waals surface area contributed by atoms with Gasteiger partial charge in [0.15, 0.2) is 0 Å². The molecule has 1 nitrogen and oxygen atoms in total. The summed E-state index contributed by atoms with van der Waals surface area (Å²) in [6.45, 7) is 2.48. The topological polar surface area (TPSA) is 12.0 Å². The van der Waals surface area contributed by atoms with Gasteiger partial charge >= 0.3 is 0 Å². The predicted octanol–water partition coefficient (Wildman–Crippen LogP) is 3.23. The summed E-state index contributed by atoms with van der Waals surface area (Å²) in [4.78, 5) is 0. The van der Waals surface area contributed by atoms with Crippen molar-refractivity contribution in [2.45, 2.75) is 38.2 Å². The second kappa shape index (κ2) is 4.69. The fraction of sp³-hybridized carbons (Fsp3) is 0.538. The van der Waals surface area contributed by atoms with Gasteiger partial charge in [0.05, 0.1) is 0 Å². The summed E-state index contributed by atoms with van der Waals surface area (Å²) in [5.74, 6) is -0.357. The number of halogens is 3. The van der Waals surface area contributed by atoms with Crippen molar-refractivity contribution in [3.63, 3.8) is 0 Å². The van der Waals surface area contributed by atoms with E-state index in [-0.39, 0.29) is 5.82 Å². The van der Waals surface area contributed by atoms with Crippen LogP contribution in [0.25, 0.3) is 0 Å². The van der Waals surface area contributed by atoms with E-state index >= 15 is 0 Å². The van der Waals surface area contributed by atoms with Crippen molar-refractivity contribution in [2.24, 2.45) is 0 Å². The van der Waals surface area contributed by atoms with Crippen LogP contribution < -0.4 is 5.32 Å². The van der Waals surface area contributed by atoms with Gasteiger partial charge in [-0.15, -0.1) is 0 Å². The molecule has 1 N–H and O–H groups in total. The Balaban J connectivity index is 2.38. The van der Waals surface area contributed by atoms with Gasteiger partial charge in [-0.05, 0) is 49.1 Å². The van der Waals surface area contributed by atoms with Crippen molar-refractivity contribution in [3.05, 3.63) is 35.1 Å². The Morgan fingerprint density at radius 2 is 2.18 bits per heavy atom. The van der Waals surface area contributed by atoms with Gasteiger partial charge in [0.2, 0.25) is 0 Å². The molecule has 0 saturated heterocycles. The Kier molecular flexibility index (Phi) is 3.43. The molecule has 94 valence electrons. The minimum absolute atomic E-state index is 0.337. The quantitative estimate of drug-likeness (QED) is 0.856. The number of nitrogens with one attached hydrogen (secondary N) is 1. The first kappa shape index (κ1) is 12.4. The van der Waals surface area contributed by atoms with E-state index in [4.69, 9.17) is 0 Å². The van der Waals surface area contributed by atoms with Gasteiger partial charge in [0, 0.05) is 0 Å². The average molecular weight is 243 g/mol. The molecule has 0 aromatic heterocycles. The molecule has 0 saturated carbocycles. The molecule has 0 spiro atoms. The third-order valence-corrected chi connectivity index (χ3v) is 3.40. The minimum Gasteiger partial charge on any atom is -0.303 e. The number of alkyl halides is 2. The van der Waals surface area contributed by atoms with Crippen LogP contribution in [-0.2, 0) is 12.0 Å². The SMILES string of the molecule is CCCNC1(C(F)F)CCc2cc(F)ccc21. The van der Waals surface area contributed by atoms with Crippen LogP contribution in [0.5, 0.6) is 0 Å². The molecule has 1 aromatic carbocycles. The summed E-state index contributed by atoms with van der Waals surface area (Å²) in [5.41, 5.74) is -0.0183. The first-order valence-corrected chi connectivity index (χ1v) is 5.92. The van der Waals surface area contributed by atoms with Crippen LogP contribution in [-0.4, -0.2) is 13.0 Å². The first-order valence-electron chi connectivity index (χ1n) is 5.92. The smallest absolute Gasteiger partial charge is 0.260 e. The van der Waals surface area contributed by atoms with Crippen LogP contribution in [0, 0.1) is 5.82 Å². The van der Waals surface area contributed by atoms with Gasteiger partial charge in [-0.1, -0.05) is 13.0 Å². The number of rotatable bonds is 4. The fourth-order valence-corrected chi connectivity index (χ4v) is 2.51. The van der Waals surface area contributed by atoms with Crippen LogP contribution in [0.1, 0.15) is 30.9 Å². The Hall–Kier alpha value is -1.03. The molecule has 1 atom stereocenters. The highest BCUT2D eigenvalue weighted by Crippen LogP contribution is 2.41. The van der Waals surface area contributed by atoms with Gasteiger partial charge in [0.1, 0.15) is 11.4 Å². The Bertz CT molecular complexity index is 406. The number of benzene rings is 1. The summed E-state index contributed by atoms with van der Waals surface area (Å²) in [7, 11) is 0. The van der Waals surface area contributed by atoms with Crippen molar-refractivity contribution >= 4 is 0 Å². The maximum absolute atomic E-state index is 13.3. The summed E-state index contributed by atoms with van der Waals surface area (Å²) in [6, 6.07) is 4.12. The van der Waals surface area contributed by atoms with E-state index in [9.17, 15) is 13.2 Å². The second-order valence-electron chi connectivity index (χ2n) is 4.50. The first-order chi connectivity index (χ1) is 8.10. The zero-order chi connectivity index (χ0) is 12.5. The minimum atomic E-state index is -2.47. The molecule has 2 rings (SSSR count). The van der Waals surface area contributed by atoms with Crippen LogP contribution in [0.4, 0.5) is 13.2 Å². The molecule has 1 unspecified atom stereocenters. The summed E-state index contributed by atoms with van der Waals surface area (Å²) < 4.78 is 39.7. The van der Waals surface area contributed by atoms with Gasteiger partial charge in [-0.25, -0.2) is 13.2 Å². The second-order valence-corrected chi connectivity index (χ2v) is 4.50. The van der Waals surface area contributed by atoms with E-state index in [0.29, 0.717) is 30.5 Å². The molecule has 0 fully saturated rings. The standard InChI is InChI=1S/C13H16F3N/c1-2-7-17-13(12(15)16)6-5-9-8-10(14)3-4-11(9)13/h3-4,8,12,17H,2,5-7H2,1H3. The average Bonchev–Trinajstić information content (AvgIpc) is 2.65. The van der Waals surface area contributed by atoms with Crippen molar-refractivity contribution in [3.8, 4) is 0 Å². The maximum atomic E-state index is 13.3. The molecule has 0 heterocycles. The highest BCUT2D eigenvalue weighted by atomic mass is 19.3. The largest absolute Gasteiger partial charge is 0.303 e. The zero-order valence-corrected chi connectivity index (χ0v) is 9.77.